The Balaban J connectivity index is 0.670. The second-order valence-electron chi connectivity index (χ2n) is 16.9. The maximum atomic E-state index is 13.3. The van der Waals surface area contributed by atoms with Crippen molar-refractivity contribution in [2.45, 2.75) is 37.8 Å². The van der Waals surface area contributed by atoms with Gasteiger partial charge in [-0.1, -0.05) is 18.2 Å². The highest BCUT2D eigenvalue weighted by atomic mass is 16.5. The van der Waals surface area contributed by atoms with Crippen LogP contribution in [0.5, 0.6) is 11.5 Å². The number of nitrogens with one attached hydrogen (secondary N) is 1. The van der Waals surface area contributed by atoms with Crippen molar-refractivity contribution in [3.8, 4) is 22.8 Å². The first-order valence-corrected chi connectivity index (χ1v) is 21.4. The zero-order chi connectivity index (χ0) is 41.6. The fraction of sp³-hybridized carbons (Fsp3) is 0.400. The van der Waals surface area contributed by atoms with Gasteiger partial charge in [-0.05, 0) is 79.8 Å². The highest BCUT2D eigenvalue weighted by Crippen LogP contribution is 2.36. The van der Waals surface area contributed by atoms with E-state index in [0.29, 0.717) is 22.9 Å². The van der Waals surface area contributed by atoms with Gasteiger partial charge in [0.2, 0.25) is 11.8 Å². The number of anilines is 2. The van der Waals surface area contributed by atoms with E-state index in [1.54, 1.807) is 12.1 Å². The standard InChI is InChI=1S/C45H49N11O5/c46-41-39-40(30-6-9-34(10-7-30)61-33-4-2-1-3-5-33)50-56(42(39)48-28-47-41)31-14-16-51(17-15-31)18-19-53-26-29(27-53)25-52-20-22-54(23-21-52)32-8-11-35-36(24-32)45(60)55(44(35)59)37-12-13-38(57)49-43(37)58/h1-11,24,28-29,31,37H,12-23,25-27H2,(H2,46,47,48)(H,49,57,58). The Hall–Kier alpha value is -6.23. The molecule has 16 heteroatoms. The van der Waals surface area contributed by atoms with E-state index < -0.39 is 23.8 Å². The van der Waals surface area contributed by atoms with Gasteiger partial charge in [-0.3, -0.25) is 34.3 Å². The number of aromatic nitrogens is 4. The minimum Gasteiger partial charge on any atom is -0.457 e. The maximum Gasteiger partial charge on any atom is 0.262 e. The molecular formula is C45H49N11O5. The van der Waals surface area contributed by atoms with Gasteiger partial charge in [0.05, 0.1) is 22.6 Å². The quantitative estimate of drug-likeness (QED) is 0.185. The molecule has 0 aliphatic carbocycles. The number of fused-ring (bicyclic) bond motifs is 2. The average Bonchev–Trinajstić information content (AvgIpc) is 3.77. The Morgan fingerprint density at radius 3 is 2.21 bits per heavy atom. The summed E-state index contributed by atoms with van der Waals surface area (Å²) >= 11 is 0. The smallest absolute Gasteiger partial charge is 0.262 e. The van der Waals surface area contributed by atoms with E-state index in [0.717, 1.165) is 129 Å². The molecule has 314 valence electrons. The molecule has 16 nitrogen and oxygen atoms in total. The third kappa shape index (κ3) is 7.70. The minimum absolute atomic E-state index is 0.101. The summed E-state index contributed by atoms with van der Waals surface area (Å²) in [7, 11) is 0. The van der Waals surface area contributed by atoms with Gasteiger partial charge in [-0.2, -0.15) is 5.10 Å². The number of carbonyl (C=O) groups excluding carboxylic acids is 4. The third-order valence-electron chi connectivity index (χ3n) is 13.0. The van der Waals surface area contributed by atoms with Crippen LogP contribution in [0.2, 0.25) is 0 Å². The summed E-state index contributed by atoms with van der Waals surface area (Å²) in [6, 6.07) is 22.3. The van der Waals surface area contributed by atoms with Gasteiger partial charge >= 0.3 is 0 Å². The fourth-order valence-electron chi connectivity index (χ4n) is 9.61. The van der Waals surface area contributed by atoms with E-state index in [1.807, 2.05) is 60.7 Å². The van der Waals surface area contributed by atoms with Crippen LogP contribution in [0.4, 0.5) is 11.5 Å². The summed E-state index contributed by atoms with van der Waals surface area (Å²) in [4.78, 5) is 70.5. The molecule has 1 unspecified atom stereocenters. The number of piperidine rings is 2. The van der Waals surface area contributed by atoms with Crippen LogP contribution in [-0.2, 0) is 9.59 Å². The Kier molecular flexibility index (Phi) is 10.4. The second kappa shape index (κ2) is 16.3. The first-order chi connectivity index (χ1) is 29.8. The van der Waals surface area contributed by atoms with Crippen molar-refractivity contribution in [2.24, 2.45) is 5.92 Å². The van der Waals surface area contributed by atoms with Crippen LogP contribution < -0.4 is 20.7 Å². The highest BCUT2D eigenvalue weighted by Gasteiger charge is 2.45. The number of rotatable bonds is 11. The van der Waals surface area contributed by atoms with Crippen LogP contribution in [0.15, 0.2) is 79.1 Å². The largest absolute Gasteiger partial charge is 0.457 e. The SMILES string of the molecule is Nc1ncnc2c1c(-c1ccc(Oc3ccccc3)cc1)nn2C1CCN(CCN2CC(CN3CCN(c4ccc5c(c4)C(=O)N(C4CCC(=O)NC4=O)C5=O)CC3)C2)CC1. The number of likely N-dealkylation sites (tertiary alicyclic amines) is 2. The summed E-state index contributed by atoms with van der Waals surface area (Å²) in [6.07, 6.45) is 3.74. The molecule has 4 amide bonds. The number of ether oxygens (including phenoxy) is 1. The Morgan fingerprint density at radius 1 is 0.738 bits per heavy atom. The van der Waals surface area contributed by atoms with Crippen molar-refractivity contribution in [3.63, 3.8) is 0 Å². The summed E-state index contributed by atoms with van der Waals surface area (Å²) in [6.45, 7) is 11.0. The van der Waals surface area contributed by atoms with Crippen LogP contribution in [0.1, 0.15) is 52.4 Å². The zero-order valence-electron chi connectivity index (χ0n) is 34.0. The lowest BCUT2D eigenvalue weighted by molar-refractivity contribution is -0.136. The fourth-order valence-corrected chi connectivity index (χ4v) is 9.61. The number of para-hydroxylation sites is 1. The molecule has 3 aromatic carbocycles. The first-order valence-electron chi connectivity index (χ1n) is 21.4. The molecule has 0 saturated carbocycles. The number of piperazine rings is 1. The first kappa shape index (κ1) is 38.9. The predicted octanol–water partition coefficient (Wildman–Crippen LogP) is 3.66. The normalized spacial score (nSPS) is 21.0. The lowest BCUT2D eigenvalue weighted by atomic mass is 9.98. The van der Waals surface area contributed by atoms with Gasteiger partial charge in [0.15, 0.2) is 5.65 Å². The Morgan fingerprint density at radius 2 is 1.46 bits per heavy atom. The van der Waals surface area contributed by atoms with Gasteiger partial charge in [0, 0.05) is 89.7 Å². The van der Waals surface area contributed by atoms with Gasteiger partial charge in [0.1, 0.15) is 35.4 Å². The van der Waals surface area contributed by atoms with E-state index in [4.69, 9.17) is 15.6 Å². The van der Waals surface area contributed by atoms with E-state index >= 15 is 0 Å². The number of benzene rings is 3. The van der Waals surface area contributed by atoms with Crippen molar-refractivity contribution in [1.29, 1.82) is 0 Å². The molecule has 5 aromatic rings. The lowest BCUT2D eigenvalue weighted by Gasteiger charge is -2.44. The van der Waals surface area contributed by atoms with Gasteiger partial charge in [-0.25, -0.2) is 14.6 Å². The molecular weight excluding hydrogens is 775 g/mol. The zero-order valence-corrected chi connectivity index (χ0v) is 34.0. The van der Waals surface area contributed by atoms with Crippen molar-refractivity contribution in [1.82, 2.24) is 44.7 Å². The summed E-state index contributed by atoms with van der Waals surface area (Å²) in [5, 5.41) is 8.15. The Labute approximate surface area is 353 Å². The third-order valence-corrected chi connectivity index (χ3v) is 13.0. The topological polar surface area (TPSA) is 175 Å². The van der Waals surface area contributed by atoms with Crippen LogP contribution in [0.3, 0.4) is 0 Å². The number of imide groups is 2. The van der Waals surface area contributed by atoms with Gasteiger partial charge in [-0.15, -0.1) is 0 Å². The van der Waals surface area contributed by atoms with E-state index in [9.17, 15) is 19.2 Å². The summed E-state index contributed by atoms with van der Waals surface area (Å²) < 4.78 is 8.08. The molecule has 7 heterocycles. The van der Waals surface area contributed by atoms with E-state index in [2.05, 4.69) is 39.6 Å². The molecule has 4 saturated heterocycles. The minimum atomic E-state index is -0.961. The van der Waals surface area contributed by atoms with Crippen LogP contribution in [0.25, 0.3) is 22.3 Å². The van der Waals surface area contributed by atoms with Crippen molar-refractivity contribution in [2.75, 3.05) is 82.6 Å². The number of hydrogen-bond acceptors (Lipinski definition) is 13. The maximum absolute atomic E-state index is 13.3. The second-order valence-corrected chi connectivity index (χ2v) is 16.9. The monoisotopic (exact) mass is 823 g/mol. The van der Waals surface area contributed by atoms with Crippen LogP contribution in [0, 0.1) is 5.92 Å². The van der Waals surface area contributed by atoms with Gasteiger partial charge < -0.3 is 25.2 Å². The molecule has 0 spiro atoms. The average molecular weight is 824 g/mol. The Bertz CT molecular complexity index is 2470. The number of nitrogens with two attached hydrogens (primary N) is 1. The molecule has 61 heavy (non-hydrogen) atoms. The lowest BCUT2D eigenvalue weighted by Crippen LogP contribution is -2.56. The highest BCUT2D eigenvalue weighted by molar-refractivity contribution is 6.23. The molecule has 3 N–H and O–H groups in total. The van der Waals surface area contributed by atoms with Gasteiger partial charge in [0.25, 0.3) is 11.8 Å². The van der Waals surface area contributed by atoms with Crippen molar-refractivity contribution >= 4 is 46.2 Å². The van der Waals surface area contributed by atoms with Crippen molar-refractivity contribution < 1.29 is 23.9 Å². The summed E-state index contributed by atoms with van der Waals surface area (Å²) in [5.74, 6) is 0.691. The van der Waals surface area contributed by atoms with E-state index in [-0.39, 0.29) is 24.8 Å². The number of nitrogens with zero attached hydrogens (tertiary/aromatic N) is 9. The molecule has 4 fully saturated rings. The number of hydrogen-bond donors (Lipinski definition) is 2. The molecule has 5 aliphatic rings. The number of amides is 4. The molecule has 5 aliphatic heterocycles. The van der Waals surface area contributed by atoms with Crippen LogP contribution in [-0.4, -0.2) is 141 Å². The van der Waals surface area contributed by atoms with Crippen molar-refractivity contribution in [3.05, 3.63) is 90.3 Å². The van der Waals surface area contributed by atoms with Crippen LogP contribution >= 0.6 is 0 Å². The predicted molar refractivity (Wildman–Crippen MR) is 228 cm³/mol. The molecule has 0 radical (unpaired) electrons. The number of carbonyl (C=O) groups is 4. The van der Waals surface area contributed by atoms with E-state index in [1.165, 1.54) is 6.33 Å². The summed E-state index contributed by atoms with van der Waals surface area (Å²) in [5.41, 5.74) is 10.5. The number of nitrogen functional groups attached to an aromatic ring is 1. The molecule has 1 atom stereocenters. The molecule has 10 rings (SSSR count). The molecule has 2 aromatic heterocycles. The molecule has 0 bridgehead atoms.